The Bertz CT molecular complexity index is 581. The topological polar surface area (TPSA) is 29.1 Å². The van der Waals surface area contributed by atoms with Gasteiger partial charge in [0.25, 0.3) is 5.91 Å². The SMILES string of the molecule is CSc1ccc(C(=O)NC2Cc3ccccc3C2)s1. The van der Waals surface area contributed by atoms with Gasteiger partial charge in [0.05, 0.1) is 9.09 Å². The van der Waals surface area contributed by atoms with Crippen molar-refractivity contribution < 1.29 is 4.79 Å². The van der Waals surface area contributed by atoms with E-state index in [-0.39, 0.29) is 11.9 Å². The summed E-state index contributed by atoms with van der Waals surface area (Å²) in [6.07, 6.45) is 3.92. The maximum absolute atomic E-state index is 12.2. The molecule has 1 aliphatic rings. The minimum atomic E-state index is 0.0584. The highest BCUT2D eigenvalue weighted by molar-refractivity contribution is 8.00. The first-order valence-corrected chi connectivity index (χ1v) is 8.32. The summed E-state index contributed by atoms with van der Waals surface area (Å²) in [6, 6.07) is 12.6. The molecule has 1 N–H and O–H groups in total. The lowest BCUT2D eigenvalue weighted by Crippen LogP contribution is -2.34. The van der Waals surface area contributed by atoms with Crippen molar-refractivity contribution in [3.05, 3.63) is 52.4 Å². The maximum atomic E-state index is 12.2. The molecule has 0 radical (unpaired) electrons. The summed E-state index contributed by atoms with van der Waals surface area (Å²) < 4.78 is 1.18. The second-order valence-electron chi connectivity index (χ2n) is 4.67. The van der Waals surface area contributed by atoms with Gasteiger partial charge in [0, 0.05) is 6.04 Å². The van der Waals surface area contributed by atoms with Gasteiger partial charge in [-0.05, 0) is 42.4 Å². The number of nitrogens with one attached hydrogen (secondary N) is 1. The summed E-state index contributed by atoms with van der Waals surface area (Å²) in [5.74, 6) is 0.0584. The van der Waals surface area contributed by atoms with Crippen molar-refractivity contribution in [3.63, 3.8) is 0 Å². The molecule has 0 atom stereocenters. The molecule has 98 valence electrons. The molecule has 1 aromatic carbocycles. The van der Waals surface area contributed by atoms with Gasteiger partial charge in [-0.3, -0.25) is 4.79 Å². The van der Waals surface area contributed by atoms with Gasteiger partial charge in [-0.2, -0.15) is 0 Å². The van der Waals surface area contributed by atoms with Gasteiger partial charge in [-0.1, -0.05) is 24.3 Å². The predicted octanol–water partition coefficient (Wildman–Crippen LogP) is 3.37. The molecular weight excluding hydrogens is 274 g/mol. The van der Waals surface area contributed by atoms with Crippen LogP contribution < -0.4 is 5.32 Å². The van der Waals surface area contributed by atoms with E-state index in [0.29, 0.717) is 0 Å². The van der Waals surface area contributed by atoms with Gasteiger partial charge < -0.3 is 5.32 Å². The molecule has 2 aromatic rings. The van der Waals surface area contributed by atoms with Crippen LogP contribution >= 0.6 is 23.1 Å². The van der Waals surface area contributed by atoms with E-state index in [1.54, 1.807) is 23.1 Å². The smallest absolute Gasteiger partial charge is 0.261 e. The quantitative estimate of drug-likeness (QED) is 0.878. The highest BCUT2D eigenvalue weighted by Crippen LogP contribution is 2.26. The van der Waals surface area contributed by atoms with Crippen LogP contribution in [0.1, 0.15) is 20.8 Å². The van der Waals surface area contributed by atoms with Gasteiger partial charge in [0.1, 0.15) is 0 Å². The molecule has 0 spiro atoms. The zero-order valence-electron chi connectivity index (χ0n) is 10.7. The lowest BCUT2D eigenvalue weighted by Gasteiger charge is -2.10. The summed E-state index contributed by atoms with van der Waals surface area (Å²) in [4.78, 5) is 13.0. The van der Waals surface area contributed by atoms with Gasteiger partial charge >= 0.3 is 0 Å². The fraction of sp³-hybridized carbons (Fsp3) is 0.267. The average molecular weight is 289 g/mol. The van der Waals surface area contributed by atoms with Crippen LogP contribution in [-0.4, -0.2) is 18.2 Å². The Morgan fingerprint density at radius 2 is 1.89 bits per heavy atom. The first kappa shape index (κ1) is 12.8. The van der Waals surface area contributed by atoms with Crippen molar-refractivity contribution in [2.45, 2.75) is 23.1 Å². The number of amides is 1. The third kappa shape index (κ3) is 2.69. The Hall–Kier alpha value is -1.26. The van der Waals surface area contributed by atoms with Crippen molar-refractivity contribution in [3.8, 4) is 0 Å². The number of hydrogen-bond donors (Lipinski definition) is 1. The summed E-state index contributed by atoms with van der Waals surface area (Å²) in [5, 5.41) is 3.14. The third-order valence-electron chi connectivity index (χ3n) is 3.39. The van der Waals surface area contributed by atoms with E-state index in [0.717, 1.165) is 17.7 Å². The highest BCUT2D eigenvalue weighted by Gasteiger charge is 2.23. The normalized spacial score (nSPS) is 14.4. The predicted molar refractivity (Wildman–Crippen MR) is 81.2 cm³/mol. The summed E-state index contributed by atoms with van der Waals surface area (Å²) >= 11 is 3.24. The number of carbonyl (C=O) groups is 1. The van der Waals surface area contributed by atoms with Gasteiger partial charge in [-0.15, -0.1) is 23.1 Å². The second-order valence-corrected chi connectivity index (χ2v) is 6.86. The minimum absolute atomic E-state index is 0.0584. The Balaban J connectivity index is 1.66. The van der Waals surface area contributed by atoms with E-state index in [2.05, 4.69) is 29.6 Å². The van der Waals surface area contributed by atoms with Crippen molar-refractivity contribution in [1.82, 2.24) is 5.32 Å². The van der Waals surface area contributed by atoms with Crippen LogP contribution in [0.4, 0.5) is 0 Å². The summed E-state index contributed by atoms with van der Waals surface area (Å²) in [7, 11) is 0. The number of benzene rings is 1. The van der Waals surface area contributed by atoms with E-state index in [4.69, 9.17) is 0 Å². The molecule has 4 heteroatoms. The largest absolute Gasteiger partial charge is 0.348 e. The van der Waals surface area contributed by atoms with Crippen LogP contribution in [0.3, 0.4) is 0 Å². The first-order chi connectivity index (χ1) is 9.26. The van der Waals surface area contributed by atoms with Crippen LogP contribution in [0, 0.1) is 0 Å². The number of thiophene rings is 1. The number of thioether (sulfide) groups is 1. The van der Waals surface area contributed by atoms with E-state index in [9.17, 15) is 4.79 Å². The van der Waals surface area contributed by atoms with Gasteiger partial charge in [0.15, 0.2) is 0 Å². The van der Waals surface area contributed by atoms with E-state index < -0.39 is 0 Å². The van der Waals surface area contributed by atoms with E-state index >= 15 is 0 Å². The molecule has 1 heterocycles. The molecule has 2 nitrogen and oxygen atoms in total. The zero-order valence-corrected chi connectivity index (χ0v) is 12.3. The Kier molecular flexibility index (Phi) is 3.62. The molecular formula is C15H15NOS2. The zero-order chi connectivity index (χ0) is 13.2. The van der Waals surface area contributed by atoms with Crippen molar-refractivity contribution in [1.29, 1.82) is 0 Å². The number of rotatable bonds is 3. The molecule has 0 bridgehead atoms. The molecule has 0 saturated carbocycles. The van der Waals surface area contributed by atoms with Gasteiger partial charge in [-0.25, -0.2) is 0 Å². The van der Waals surface area contributed by atoms with Crippen LogP contribution in [0.2, 0.25) is 0 Å². The van der Waals surface area contributed by atoms with Crippen LogP contribution in [0.15, 0.2) is 40.6 Å². The molecule has 3 rings (SSSR count). The van der Waals surface area contributed by atoms with Crippen molar-refractivity contribution in [2.75, 3.05) is 6.26 Å². The highest BCUT2D eigenvalue weighted by atomic mass is 32.2. The summed E-state index contributed by atoms with van der Waals surface area (Å²) in [5.41, 5.74) is 2.73. The molecule has 1 amide bonds. The molecule has 19 heavy (non-hydrogen) atoms. The lowest BCUT2D eigenvalue weighted by molar-refractivity contribution is 0.0942. The Morgan fingerprint density at radius 3 is 2.47 bits per heavy atom. The van der Waals surface area contributed by atoms with Crippen LogP contribution in [0.25, 0.3) is 0 Å². The van der Waals surface area contributed by atoms with E-state index in [1.165, 1.54) is 15.3 Å². The number of carbonyl (C=O) groups excluding carboxylic acids is 1. The van der Waals surface area contributed by atoms with Crippen molar-refractivity contribution in [2.24, 2.45) is 0 Å². The van der Waals surface area contributed by atoms with Crippen molar-refractivity contribution >= 4 is 29.0 Å². The second kappa shape index (κ2) is 5.39. The van der Waals surface area contributed by atoms with Crippen LogP contribution in [-0.2, 0) is 12.8 Å². The van der Waals surface area contributed by atoms with Crippen LogP contribution in [0.5, 0.6) is 0 Å². The average Bonchev–Trinajstić information content (AvgIpc) is 3.04. The van der Waals surface area contributed by atoms with E-state index in [1.807, 2.05) is 18.4 Å². The first-order valence-electron chi connectivity index (χ1n) is 6.28. The number of fused-ring (bicyclic) bond motifs is 1. The molecule has 0 fully saturated rings. The molecule has 0 saturated heterocycles. The molecule has 1 aliphatic carbocycles. The maximum Gasteiger partial charge on any atom is 0.261 e. The molecule has 0 aliphatic heterocycles. The Morgan fingerprint density at radius 1 is 1.21 bits per heavy atom. The lowest BCUT2D eigenvalue weighted by atomic mass is 10.1. The Labute approximate surface area is 121 Å². The standard InChI is InChI=1S/C15H15NOS2/c1-18-14-7-6-13(19-14)15(17)16-12-8-10-4-2-3-5-11(10)9-12/h2-7,12H,8-9H2,1H3,(H,16,17). The molecule has 0 unspecified atom stereocenters. The summed E-state index contributed by atoms with van der Waals surface area (Å²) in [6.45, 7) is 0. The fourth-order valence-electron chi connectivity index (χ4n) is 2.47. The number of hydrogen-bond acceptors (Lipinski definition) is 3. The minimum Gasteiger partial charge on any atom is -0.348 e. The monoisotopic (exact) mass is 289 g/mol. The third-order valence-corrected chi connectivity index (χ3v) is 5.56. The molecule has 1 aromatic heterocycles. The fourth-order valence-corrected chi connectivity index (χ4v) is 3.92. The van der Waals surface area contributed by atoms with Gasteiger partial charge in [0.2, 0.25) is 0 Å².